The molecular formula is C10H17N3O2S. The molecule has 0 aliphatic rings. The van der Waals surface area contributed by atoms with E-state index in [1.807, 2.05) is 6.92 Å². The standard InChI is InChI=1S/C10H17N3O2S/c1-4-6-8-7-9(11-3)13-10(12-8)16(14,15)5-2/h7H,4-6H2,1-3H3,(H,11,12,13). The fourth-order valence-corrected chi connectivity index (χ4v) is 2.01. The zero-order valence-corrected chi connectivity index (χ0v) is 10.6. The summed E-state index contributed by atoms with van der Waals surface area (Å²) in [6, 6.07) is 1.78. The fourth-order valence-electron chi connectivity index (χ4n) is 1.25. The predicted octanol–water partition coefficient (Wildman–Crippen LogP) is 1.26. The predicted molar refractivity (Wildman–Crippen MR) is 63.3 cm³/mol. The summed E-state index contributed by atoms with van der Waals surface area (Å²) in [7, 11) is -1.63. The maximum Gasteiger partial charge on any atom is 0.249 e. The largest absolute Gasteiger partial charge is 0.373 e. The van der Waals surface area contributed by atoms with E-state index >= 15 is 0 Å². The molecule has 1 heterocycles. The molecule has 0 saturated heterocycles. The van der Waals surface area contributed by atoms with Gasteiger partial charge in [0.05, 0.1) is 5.75 Å². The van der Waals surface area contributed by atoms with Gasteiger partial charge in [0.15, 0.2) is 0 Å². The Labute approximate surface area is 96.2 Å². The van der Waals surface area contributed by atoms with E-state index < -0.39 is 9.84 Å². The number of aryl methyl sites for hydroxylation is 1. The maximum absolute atomic E-state index is 11.7. The lowest BCUT2D eigenvalue weighted by Gasteiger charge is -2.06. The number of nitrogens with zero attached hydrogens (tertiary/aromatic N) is 2. The Morgan fingerprint density at radius 2 is 2.00 bits per heavy atom. The zero-order chi connectivity index (χ0) is 12.2. The Kier molecular flexibility index (Phi) is 4.23. The van der Waals surface area contributed by atoms with Crippen LogP contribution in [0.1, 0.15) is 26.0 Å². The van der Waals surface area contributed by atoms with E-state index in [1.54, 1.807) is 20.0 Å². The minimum atomic E-state index is -3.33. The van der Waals surface area contributed by atoms with Gasteiger partial charge in [0.2, 0.25) is 15.0 Å². The Morgan fingerprint density at radius 1 is 1.31 bits per heavy atom. The van der Waals surface area contributed by atoms with Gasteiger partial charge in [-0.15, -0.1) is 0 Å². The highest BCUT2D eigenvalue weighted by Crippen LogP contribution is 2.12. The van der Waals surface area contributed by atoms with Gasteiger partial charge in [0.1, 0.15) is 5.82 Å². The van der Waals surface area contributed by atoms with Crippen LogP contribution < -0.4 is 5.32 Å². The average molecular weight is 243 g/mol. The van der Waals surface area contributed by atoms with Gasteiger partial charge in [-0.1, -0.05) is 20.3 Å². The van der Waals surface area contributed by atoms with Gasteiger partial charge in [-0.2, -0.15) is 0 Å². The highest BCUT2D eigenvalue weighted by atomic mass is 32.2. The van der Waals surface area contributed by atoms with E-state index in [9.17, 15) is 8.42 Å². The van der Waals surface area contributed by atoms with Crippen LogP contribution in [0, 0.1) is 0 Å². The molecule has 0 aliphatic carbocycles. The molecule has 1 rings (SSSR count). The Bertz CT molecular complexity index is 457. The van der Waals surface area contributed by atoms with Crippen molar-refractivity contribution < 1.29 is 8.42 Å². The molecule has 16 heavy (non-hydrogen) atoms. The first-order chi connectivity index (χ1) is 7.53. The van der Waals surface area contributed by atoms with Crippen LogP contribution in [0.2, 0.25) is 0 Å². The molecule has 0 bridgehead atoms. The van der Waals surface area contributed by atoms with Gasteiger partial charge >= 0.3 is 0 Å². The molecule has 0 radical (unpaired) electrons. The van der Waals surface area contributed by atoms with Crippen molar-refractivity contribution in [3.8, 4) is 0 Å². The molecule has 0 unspecified atom stereocenters. The van der Waals surface area contributed by atoms with Crippen molar-refractivity contribution in [3.05, 3.63) is 11.8 Å². The van der Waals surface area contributed by atoms with Crippen molar-refractivity contribution in [2.45, 2.75) is 31.8 Å². The molecule has 1 aromatic rings. The minimum absolute atomic E-state index is 0.0196. The lowest BCUT2D eigenvalue weighted by atomic mass is 10.2. The number of hydrogen-bond donors (Lipinski definition) is 1. The van der Waals surface area contributed by atoms with Crippen LogP contribution in [0.3, 0.4) is 0 Å². The van der Waals surface area contributed by atoms with Crippen LogP contribution in [0.15, 0.2) is 11.2 Å². The molecule has 5 nitrogen and oxygen atoms in total. The first-order valence-corrected chi connectivity index (χ1v) is 6.97. The third kappa shape index (κ3) is 2.91. The summed E-state index contributed by atoms with van der Waals surface area (Å²) in [5.74, 6) is 0.566. The van der Waals surface area contributed by atoms with Crippen LogP contribution in [-0.4, -0.2) is 31.2 Å². The van der Waals surface area contributed by atoms with Gasteiger partial charge in [0, 0.05) is 18.8 Å². The van der Waals surface area contributed by atoms with Crippen molar-refractivity contribution >= 4 is 15.7 Å². The van der Waals surface area contributed by atoms with Crippen molar-refractivity contribution in [3.63, 3.8) is 0 Å². The van der Waals surface area contributed by atoms with Gasteiger partial charge in [0.25, 0.3) is 0 Å². The van der Waals surface area contributed by atoms with Crippen molar-refractivity contribution in [2.24, 2.45) is 0 Å². The summed E-state index contributed by atoms with van der Waals surface area (Å²) in [4.78, 5) is 8.04. The molecule has 0 aliphatic heterocycles. The molecular weight excluding hydrogens is 226 g/mol. The number of anilines is 1. The van der Waals surface area contributed by atoms with E-state index in [4.69, 9.17) is 0 Å². The summed E-state index contributed by atoms with van der Waals surface area (Å²) >= 11 is 0. The number of sulfone groups is 1. The quantitative estimate of drug-likeness (QED) is 0.788. The average Bonchev–Trinajstić information content (AvgIpc) is 2.29. The van der Waals surface area contributed by atoms with E-state index in [0.717, 1.165) is 18.5 Å². The van der Waals surface area contributed by atoms with Gasteiger partial charge in [-0.05, 0) is 6.42 Å². The Balaban J connectivity index is 3.24. The number of rotatable bonds is 5. The number of hydrogen-bond acceptors (Lipinski definition) is 5. The van der Waals surface area contributed by atoms with Crippen LogP contribution in [0.5, 0.6) is 0 Å². The van der Waals surface area contributed by atoms with Gasteiger partial charge in [-0.25, -0.2) is 18.4 Å². The second-order valence-corrected chi connectivity index (χ2v) is 5.60. The van der Waals surface area contributed by atoms with Crippen LogP contribution in [0.4, 0.5) is 5.82 Å². The second kappa shape index (κ2) is 5.25. The molecule has 0 aromatic carbocycles. The second-order valence-electron chi connectivity index (χ2n) is 3.43. The van der Waals surface area contributed by atoms with Crippen LogP contribution in [-0.2, 0) is 16.3 Å². The molecule has 0 spiro atoms. The Morgan fingerprint density at radius 3 is 2.50 bits per heavy atom. The minimum Gasteiger partial charge on any atom is -0.373 e. The van der Waals surface area contributed by atoms with Crippen molar-refractivity contribution in [1.82, 2.24) is 9.97 Å². The fraction of sp³-hybridized carbons (Fsp3) is 0.600. The van der Waals surface area contributed by atoms with E-state index in [0.29, 0.717) is 5.82 Å². The molecule has 1 N–H and O–H groups in total. The van der Waals surface area contributed by atoms with Crippen molar-refractivity contribution in [2.75, 3.05) is 18.1 Å². The molecule has 1 aromatic heterocycles. The monoisotopic (exact) mass is 243 g/mol. The third-order valence-corrected chi connectivity index (χ3v) is 3.68. The molecule has 0 fully saturated rings. The zero-order valence-electron chi connectivity index (χ0n) is 9.82. The van der Waals surface area contributed by atoms with Crippen molar-refractivity contribution in [1.29, 1.82) is 0 Å². The summed E-state index contributed by atoms with van der Waals surface area (Å²) in [6.45, 7) is 3.61. The highest BCUT2D eigenvalue weighted by Gasteiger charge is 2.17. The first-order valence-electron chi connectivity index (χ1n) is 5.32. The highest BCUT2D eigenvalue weighted by molar-refractivity contribution is 7.91. The summed E-state index contributed by atoms with van der Waals surface area (Å²) in [5.41, 5.74) is 0.758. The smallest absolute Gasteiger partial charge is 0.249 e. The topological polar surface area (TPSA) is 72.0 Å². The maximum atomic E-state index is 11.7. The Hall–Kier alpha value is -1.17. The van der Waals surface area contributed by atoms with Crippen LogP contribution in [0.25, 0.3) is 0 Å². The van der Waals surface area contributed by atoms with Crippen LogP contribution >= 0.6 is 0 Å². The number of aromatic nitrogens is 2. The van der Waals surface area contributed by atoms with E-state index in [1.165, 1.54) is 0 Å². The lowest BCUT2D eigenvalue weighted by Crippen LogP contribution is -2.12. The van der Waals surface area contributed by atoms with E-state index in [2.05, 4.69) is 15.3 Å². The van der Waals surface area contributed by atoms with Gasteiger partial charge < -0.3 is 5.32 Å². The molecule has 0 atom stereocenters. The van der Waals surface area contributed by atoms with Gasteiger partial charge in [-0.3, -0.25) is 0 Å². The first kappa shape index (κ1) is 12.9. The number of nitrogens with one attached hydrogen (secondary N) is 1. The lowest BCUT2D eigenvalue weighted by molar-refractivity contribution is 0.587. The van der Waals surface area contributed by atoms with E-state index in [-0.39, 0.29) is 10.9 Å². The summed E-state index contributed by atoms with van der Waals surface area (Å²) < 4.78 is 23.3. The summed E-state index contributed by atoms with van der Waals surface area (Å²) in [5, 5.41) is 2.77. The molecule has 0 saturated carbocycles. The normalized spacial score (nSPS) is 11.4. The third-order valence-electron chi connectivity index (χ3n) is 2.18. The molecule has 0 amide bonds. The summed E-state index contributed by atoms with van der Waals surface area (Å²) in [6.07, 6.45) is 1.68. The SMILES string of the molecule is CCCc1cc(NC)nc(S(=O)(=O)CC)n1. The molecule has 90 valence electrons. The molecule has 6 heteroatoms.